The van der Waals surface area contributed by atoms with E-state index in [9.17, 15) is 4.79 Å². The maximum absolute atomic E-state index is 12.4. The first kappa shape index (κ1) is 16.2. The summed E-state index contributed by atoms with van der Waals surface area (Å²) in [6.45, 7) is 2.53. The van der Waals surface area contributed by atoms with Crippen molar-refractivity contribution in [3.8, 4) is 17.1 Å². The van der Waals surface area contributed by atoms with Gasteiger partial charge in [-0.15, -0.1) is 0 Å². The van der Waals surface area contributed by atoms with Crippen molar-refractivity contribution < 1.29 is 14.1 Å². The van der Waals surface area contributed by atoms with Crippen molar-refractivity contribution >= 4 is 34.4 Å². The first-order valence-electron chi connectivity index (χ1n) is 7.96. The first-order valence-corrected chi connectivity index (χ1v) is 8.69. The van der Waals surface area contributed by atoms with E-state index in [0.717, 1.165) is 34.1 Å². The Kier molecular flexibility index (Phi) is 4.32. The lowest BCUT2D eigenvalue weighted by Gasteiger charge is -2.02. The maximum Gasteiger partial charge on any atom is 0.277 e. The van der Waals surface area contributed by atoms with Gasteiger partial charge in [0, 0.05) is 17.3 Å². The quantitative estimate of drug-likeness (QED) is 0.574. The van der Waals surface area contributed by atoms with Gasteiger partial charge in [0.25, 0.3) is 5.91 Å². The zero-order valence-electron chi connectivity index (χ0n) is 13.8. The molecule has 0 aliphatic heterocycles. The van der Waals surface area contributed by atoms with Crippen molar-refractivity contribution in [3.63, 3.8) is 0 Å². The summed E-state index contributed by atoms with van der Waals surface area (Å²) in [4.78, 5) is 12.4. The molecular formula is C18H14N4O3S. The second-order valence-corrected chi connectivity index (χ2v) is 5.98. The molecule has 0 radical (unpaired) electrons. The normalized spacial score (nSPS) is 10.8. The highest BCUT2D eigenvalue weighted by Crippen LogP contribution is 2.24. The van der Waals surface area contributed by atoms with Crippen LogP contribution in [0.5, 0.6) is 5.75 Å². The van der Waals surface area contributed by atoms with Crippen LogP contribution in [0.25, 0.3) is 22.4 Å². The molecule has 0 atom stereocenters. The number of hydrogen-bond donors (Lipinski definition) is 1. The van der Waals surface area contributed by atoms with Crippen LogP contribution in [0.15, 0.2) is 53.1 Å². The number of ether oxygens (including phenoxy) is 1. The molecular weight excluding hydrogens is 352 g/mol. The minimum Gasteiger partial charge on any atom is -0.494 e. The van der Waals surface area contributed by atoms with Crippen molar-refractivity contribution in [2.45, 2.75) is 6.92 Å². The number of hydrogen-bond acceptors (Lipinski definition) is 7. The lowest BCUT2D eigenvalue weighted by Crippen LogP contribution is -2.12. The molecule has 2 aromatic heterocycles. The molecule has 0 unspecified atom stereocenters. The molecule has 0 fully saturated rings. The number of nitrogens with one attached hydrogen (secondary N) is 1. The van der Waals surface area contributed by atoms with Crippen molar-refractivity contribution in [2.75, 3.05) is 11.9 Å². The standard InChI is InChI=1S/C18H14N4O3S/c1-2-24-13-6-3-11(4-7-13)17-10-16(20-25-17)18(23)19-12-5-8-14-15(9-12)22-26-21-14/h3-10H,2H2,1H3,(H,19,23). The maximum atomic E-state index is 12.4. The van der Waals surface area contributed by atoms with E-state index in [1.807, 2.05) is 37.3 Å². The summed E-state index contributed by atoms with van der Waals surface area (Å²) in [6.07, 6.45) is 0. The van der Waals surface area contributed by atoms with Gasteiger partial charge in [-0.1, -0.05) is 5.16 Å². The van der Waals surface area contributed by atoms with Crippen molar-refractivity contribution in [3.05, 3.63) is 54.2 Å². The molecule has 4 rings (SSSR count). The van der Waals surface area contributed by atoms with Gasteiger partial charge in [-0.2, -0.15) is 8.75 Å². The van der Waals surface area contributed by atoms with Crippen molar-refractivity contribution in [1.82, 2.24) is 13.9 Å². The van der Waals surface area contributed by atoms with E-state index in [-0.39, 0.29) is 11.6 Å². The topological polar surface area (TPSA) is 90.1 Å². The number of fused-ring (bicyclic) bond motifs is 1. The second-order valence-electron chi connectivity index (χ2n) is 5.46. The number of nitrogens with zero attached hydrogens (tertiary/aromatic N) is 3. The van der Waals surface area contributed by atoms with E-state index in [2.05, 4.69) is 19.2 Å². The molecule has 2 aromatic carbocycles. The molecule has 0 saturated carbocycles. The van der Waals surface area contributed by atoms with Gasteiger partial charge in [-0.3, -0.25) is 4.79 Å². The lowest BCUT2D eigenvalue weighted by atomic mass is 10.1. The first-order chi connectivity index (χ1) is 12.7. The molecule has 0 aliphatic carbocycles. The summed E-state index contributed by atoms with van der Waals surface area (Å²) in [5.74, 6) is 0.937. The predicted molar refractivity (Wildman–Crippen MR) is 98.5 cm³/mol. The summed E-state index contributed by atoms with van der Waals surface area (Å²) >= 11 is 1.13. The van der Waals surface area contributed by atoms with E-state index in [0.29, 0.717) is 18.1 Å². The summed E-state index contributed by atoms with van der Waals surface area (Å²) in [5.41, 5.74) is 3.18. The second kappa shape index (κ2) is 6.93. The third kappa shape index (κ3) is 3.27. The van der Waals surface area contributed by atoms with Crippen molar-refractivity contribution in [2.24, 2.45) is 0 Å². The van der Waals surface area contributed by atoms with Gasteiger partial charge in [-0.05, 0) is 49.4 Å². The van der Waals surface area contributed by atoms with Crippen LogP contribution >= 0.6 is 11.7 Å². The average Bonchev–Trinajstić information content (AvgIpc) is 3.32. The SMILES string of the molecule is CCOc1ccc(-c2cc(C(=O)Nc3ccc4nsnc4c3)no2)cc1. The fourth-order valence-electron chi connectivity index (χ4n) is 2.46. The summed E-state index contributed by atoms with van der Waals surface area (Å²) in [7, 11) is 0. The molecule has 0 aliphatic rings. The van der Waals surface area contributed by atoms with Crippen molar-refractivity contribution in [1.29, 1.82) is 0 Å². The summed E-state index contributed by atoms with van der Waals surface area (Å²) in [5, 5.41) is 6.64. The molecule has 7 nitrogen and oxygen atoms in total. The van der Waals surface area contributed by atoms with Crippen LogP contribution in [0.4, 0.5) is 5.69 Å². The van der Waals surface area contributed by atoms with Crippen LogP contribution in [0.2, 0.25) is 0 Å². The van der Waals surface area contributed by atoms with Crippen LogP contribution in [0.3, 0.4) is 0 Å². The molecule has 130 valence electrons. The molecule has 1 amide bonds. The van der Waals surface area contributed by atoms with E-state index < -0.39 is 0 Å². The monoisotopic (exact) mass is 366 g/mol. The summed E-state index contributed by atoms with van der Waals surface area (Å²) in [6, 6.07) is 14.4. The molecule has 26 heavy (non-hydrogen) atoms. The predicted octanol–water partition coefficient (Wildman–Crippen LogP) is 4.00. The Labute approximate surface area is 152 Å². The molecule has 1 N–H and O–H groups in total. The van der Waals surface area contributed by atoms with Crippen LogP contribution in [-0.2, 0) is 0 Å². The van der Waals surface area contributed by atoms with E-state index >= 15 is 0 Å². The molecule has 2 heterocycles. The highest BCUT2D eigenvalue weighted by atomic mass is 32.1. The van der Waals surface area contributed by atoms with E-state index in [4.69, 9.17) is 9.26 Å². The van der Waals surface area contributed by atoms with E-state index in [1.54, 1.807) is 18.2 Å². The fourth-order valence-corrected chi connectivity index (χ4v) is 2.97. The highest BCUT2D eigenvalue weighted by molar-refractivity contribution is 7.00. The Hall–Kier alpha value is -3.26. The third-order valence-corrected chi connectivity index (χ3v) is 4.26. The van der Waals surface area contributed by atoms with Crippen LogP contribution in [0.1, 0.15) is 17.4 Å². The molecule has 8 heteroatoms. The zero-order chi connectivity index (χ0) is 17.9. The van der Waals surface area contributed by atoms with Gasteiger partial charge < -0.3 is 14.6 Å². The number of carbonyl (C=O) groups excluding carboxylic acids is 1. The minimum absolute atomic E-state index is 0.199. The number of benzene rings is 2. The van der Waals surface area contributed by atoms with Gasteiger partial charge in [0.05, 0.1) is 18.3 Å². The van der Waals surface area contributed by atoms with E-state index in [1.165, 1.54) is 0 Å². The number of amides is 1. The average molecular weight is 366 g/mol. The number of aromatic nitrogens is 3. The Bertz CT molecular complexity index is 1060. The Morgan fingerprint density at radius 3 is 2.73 bits per heavy atom. The number of anilines is 1. The van der Waals surface area contributed by atoms with Gasteiger partial charge in [-0.25, -0.2) is 0 Å². The van der Waals surface area contributed by atoms with Gasteiger partial charge in [0.2, 0.25) is 0 Å². The Morgan fingerprint density at radius 1 is 1.12 bits per heavy atom. The Balaban J connectivity index is 1.50. The fraction of sp³-hybridized carbons (Fsp3) is 0.111. The molecule has 4 aromatic rings. The van der Waals surface area contributed by atoms with Crippen LogP contribution in [0, 0.1) is 0 Å². The minimum atomic E-state index is -0.353. The smallest absolute Gasteiger partial charge is 0.277 e. The molecule has 0 bridgehead atoms. The number of carbonyl (C=O) groups is 1. The number of rotatable bonds is 5. The Morgan fingerprint density at radius 2 is 1.92 bits per heavy atom. The molecule has 0 spiro atoms. The largest absolute Gasteiger partial charge is 0.494 e. The van der Waals surface area contributed by atoms with Gasteiger partial charge in [0.15, 0.2) is 11.5 Å². The van der Waals surface area contributed by atoms with Gasteiger partial charge in [0.1, 0.15) is 16.8 Å². The summed E-state index contributed by atoms with van der Waals surface area (Å²) < 4.78 is 19.0. The highest BCUT2D eigenvalue weighted by Gasteiger charge is 2.14. The third-order valence-electron chi connectivity index (χ3n) is 3.70. The van der Waals surface area contributed by atoms with Crippen LogP contribution in [-0.4, -0.2) is 26.4 Å². The lowest BCUT2D eigenvalue weighted by molar-refractivity contribution is 0.101. The molecule has 0 saturated heterocycles. The zero-order valence-corrected chi connectivity index (χ0v) is 14.6. The van der Waals surface area contributed by atoms with Gasteiger partial charge >= 0.3 is 0 Å². The van der Waals surface area contributed by atoms with Crippen LogP contribution < -0.4 is 10.1 Å².